The van der Waals surface area contributed by atoms with E-state index >= 15 is 0 Å². The minimum Gasteiger partial charge on any atom is -0.399 e. The van der Waals surface area contributed by atoms with Gasteiger partial charge in [0.1, 0.15) is 0 Å². The van der Waals surface area contributed by atoms with Crippen molar-refractivity contribution in [3.05, 3.63) is 54.1 Å². The molecule has 3 rings (SSSR count). The fourth-order valence-corrected chi connectivity index (χ4v) is 2.17. The zero-order valence-electron chi connectivity index (χ0n) is 9.70. The number of H-pyrrole nitrogens is 1. The van der Waals surface area contributed by atoms with Crippen LogP contribution in [0.5, 0.6) is 0 Å². The number of anilines is 1. The highest BCUT2D eigenvalue weighted by atomic mass is 14.7. The Morgan fingerprint density at radius 1 is 1.00 bits per heavy atom. The molecule has 17 heavy (non-hydrogen) atoms. The van der Waals surface area contributed by atoms with Gasteiger partial charge in [0.25, 0.3) is 0 Å². The van der Waals surface area contributed by atoms with Crippen LogP contribution in [0, 0.1) is 6.92 Å². The first-order valence-corrected chi connectivity index (χ1v) is 5.68. The number of nitrogen functional groups attached to an aromatic ring is 1. The normalized spacial score (nSPS) is 10.9. The molecule has 0 unspecified atom stereocenters. The van der Waals surface area contributed by atoms with E-state index in [-0.39, 0.29) is 0 Å². The van der Waals surface area contributed by atoms with E-state index in [1.165, 1.54) is 11.1 Å². The second kappa shape index (κ2) is 3.67. The first kappa shape index (κ1) is 9.97. The lowest BCUT2D eigenvalue weighted by Gasteiger charge is -2.01. The summed E-state index contributed by atoms with van der Waals surface area (Å²) in [5.74, 6) is 0. The molecule has 0 saturated heterocycles. The summed E-state index contributed by atoms with van der Waals surface area (Å²) in [4.78, 5) is 3.42. The lowest BCUT2D eigenvalue weighted by Crippen LogP contribution is -1.82. The van der Waals surface area contributed by atoms with Crippen LogP contribution in [0.1, 0.15) is 5.56 Å². The Balaban J connectivity index is 2.22. The Morgan fingerprint density at radius 3 is 2.65 bits per heavy atom. The number of aromatic nitrogens is 1. The summed E-state index contributed by atoms with van der Waals surface area (Å²) < 4.78 is 0. The topological polar surface area (TPSA) is 41.8 Å². The van der Waals surface area contributed by atoms with Crippen molar-refractivity contribution < 1.29 is 0 Å². The first-order chi connectivity index (χ1) is 8.24. The quantitative estimate of drug-likeness (QED) is 0.605. The van der Waals surface area contributed by atoms with E-state index in [0.29, 0.717) is 0 Å². The standard InChI is InChI=1S/C15H14N2/c1-10-4-2-3-5-13(10)15-9-11-8-12(16)6-7-14(11)17-15/h2-9,17H,16H2,1H3. The number of benzene rings is 2. The molecule has 2 nitrogen and oxygen atoms in total. The van der Waals surface area contributed by atoms with Crippen molar-refractivity contribution in [2.45, 2.75) is 6.92 Å². The van der Waals surface area contributed by atoms with Crippen LogP contribution in [0.25, 0.3) is 22.2 Å². The van der Waals surface area contributed by atoms with E-state index in [1.54, 1.807) is 0 Å². The SMILES string of the molecule is Cc1ccccc1-c1cc2cc(N)ccc2[nH]1. The Hall–Kier alpha value is -2.22. The molecule has 0 fully saturated rings. The molecule has 0 amide bonds. The summed E-state index contributed by atoms with van der Waals surface area (Å²) in [6, 6.07) is 16.4. The summed E-state index contributed by atoms with van der Waals surface area (Å²) >= 11 is 0. The van der Waals surface area contributed by atoms with Crippen LogP contribution in [0.2, 0.25) is 0 Å². The van der Waals surface area contributed by atoms with Crippen LogP contribution in [0.15, 0.2) is 48.5 Å². The van der Waals surface area contributed by atoms with Crippen molar-refractivity contribution in [2.75, 3.05) is 5.73 Å². The highest BCUT2D eigenvalue weighted by molar-refractivity contribution is 5.88. The van der Waals surface area contributed by atoms with Crippen LogP contribution in [0.3, 0.4) is 0 Å². The lowest BCUT2D eigenvalue weighted by molar-refractivity contribution is 1.40. The predicted octanol–water partition coefficient (Wildman–Crippen LogP) is 3.73. The Bertz CT molecular complexity index is 680. The van der Waals surface area contributed by atoms with Gasteiger partial charge < -0.3 is 10.7 Å². The number of hydrogen-bond acceptors (Lipinski definition) is 1. The van der Waals surface area contributed by atoms with E-state index in [0.717, 1.165) is 22.3 Å². The van der Waals surface area contributed by atoms with Crippen molar-refractivity contribution in [3.63, 3.8) is 0 Å². The molecule has 0 saturated carbocycles. The predicted molar refractivity (Wildman–Crippen MR) is 72.9 cm³/mol. The fourth-order valence-electron chi connectivity index (χ4n) is 2.17. The van der Waals surface area contributed by atoms with Crippen LogP contribution in [-0.4, -0.2) is 4.98 Å². The number of nitrogens with one attached hydrogen (secondary N) is 1. The first-order valence-electron chi connectivity index (χ1n) is 5.68. The number of aromatic amines is 1. The molecule has 0 aliphatic rings. The van der Waals surface area contributed by atoms with Crippen LogP contribution < -0.4 is 5.73 Å². The zero-order valence-corrected chi connectivity index (χ0v) is 9.70. The Labute approximate surface area is 100 Å². The summed E-state index contributed by atoms with van der Waals surface area (Å²) in [6.45, 7) is 2.12. The van der Waals surface area contributed by atoms with Gasteiger partial charge in [-0.1, -0.05) is 24.3 Å². The number of hydrogen-bond donors (Lipinski definition) is 2. The molecule has 2 aromatic carbocycles. The monoisotopic (exact) mass is 222 g/mol. The molecule has 2 heteroatoms. The molecule has 3 N–H and O–H groups in total. The number of rotatable bonds is 1. The largest absolute Gasteiger partial charge is 0.399 e. The summed E-state index contributed by atoms with van der Waals surface area (Å²) in [5, 5.41) is 1.16. The van der Waals surface area contributed by atoms with Gasteiger partial charge >= 0.3 is 0 Å². The van der Waals surface area contributed by atoms with Gasteiger partial charge in [-0.05, 0) is 36.8 Å². The van der Waals surface area contributed by atoms with Gasteiger partial charge in [-0.3, -0.25) is 0 Å². The third kappa shape index (κ3) is 1.68. The molecule has 0 aliphatic heterocycles. The minimum absolute atomic E-state index is 0.799. The number of fused-ring (bicyclic) bond motifs is 1. The van der Waals surface area contributed by atoms with Gasteiger partial charge in [-0.15, -0.1) is 0 Å². The van der Waals surface area contributed by atoms with Crippen LogP contribution in [-0.2, 0) is 0 Å². The average Bonchev–Trinajstić information content (AvgIpc) is 2.72. The van der Waals surface area contributed by atoms with E-state index in [4.69, 9.17) is 5.73 Å². The molecular formula is C15H14N2. The van der Waals surface area contributed by atoms with Crippen molar-refractivity contribution in [2.24, 2.45) is 0 Å². The number of nitrogens with two attached hydrogens (primary N) is 1. The molecular weight excluding hydrogens is 208 g/mol. The molecule has 0 atom stereocenters. The third-order valence-corrected chi connectivity index (χ3v) is 3.08. The van der Waals surface area contributed by atoms with Crippen molar-refractivity contribution in [1.29, 1.82) is 0 Å². The molecule has 0 spiro atoms. The second-order valence-electron chi connectivity index (χ2n) is 4.34. The van der Waals surface area contributed by atoms with Gasteiger partial charge in [0.05, 0.1) is 0 Å². The molecule has 1 aromatic heterocycles. The highest BCUT2D eigenvalue weighted by Crippen LogP contribution is 2.27. The van der Waals surface area contributed by atoms with E-state index in [9.17, 15) is 0 Å². The van der Waals surface area contributed by atoms with Crippen LogP contribution >= 0.6 is 0 Å². The van der Waals surface area contributed by atoms with Gasteiger partial charge in [-0.25, -0.2) is 0 Å². The molecule has 84 valence electrons. The number of aryl methyl sites for hydroxylation is 1. The Kier molecular flexibility index (Phi) is 2.15. The second-order valence-corrected chi connectivity index (χ2v) is 4.34. The minimum atomic E-state index is 0.799. The van der Waals surface area contributed by atoms with Gasteiger partial charge in [0, 0.05) is 27.8 Å². The molecule has 0 bridgehead atoms. The third-order valence-electron chi connectivity index (χ3n) is 3.08. The van der Waals surface area contributed by atoms with Gasteiger partial charge in [-0.2, -0.15) is 0 Å². The van der Waals surface area contributed by atoms with Crippen molar-refractivity contribution >= 4 is 16.6 Å². The Morgan fingerprint density at radius 2 is 1.82 bits per heavy atom. The van der Waals surface area contributed by atoms with Crippen molar-refractivity contribution in [3.8, 4) is 11.3 Å². The van der Waals surface area contributed by atoms with E-state index in [1.807, 2.05) is 18.2 Å². The van der Waals surface area contributed by atoms with E-state index in [2.05, 4.69) is 42.2 Å². The summed E-state index contributed by atoms with van der Waals surface area (Å²) in [6.07, 6.45) is 0. The smallest absolute Gasteiger partial charge is 0.0467 e. The molecule has 1 heterocycles. The van der Waals surface area contributed by atoms with E-state index < -0.39 is 0 Å². The zero-order chi connectivity index (χ0) is 11.8. The molecule has 3 aromatic rings. The van der Waals surface area contributed by atoms with Crippen molar-refractivity contribution in [1.82, 2.24) is 4.98 Å². The van der Waals surface area contributed by atoms with Gasteiger partial charge in [0.15, 0.2) is 0 Å². The summed E-state index contributed by atoms with van der Waals surface area (Å²) in [7, 11) is 0. The van der Waals surface area contributed by atoms with Gasteiger partial charge in [0.2, 0.25) is 0 Å². The average molecular weight is 222 g/mol. The maximum absolute atomic E-state index is 5.79. The molecule has 0 aliphatic carbocycles. The summed E-state index contributed by atoms with van der Waals surface area (Å²) in [5.41, 5.74) is 11.4. The maximum Gasteiger partial charge on any atom is 0.0467 e. The fraction of sp³-hybridized carbons (Fsp3) is 0.0667. The lowest BCUT2D eigenvalue weighted by atomic mass is 10.1. The molecule has 0 radical (unpaired) electrons. The highest BCUT2D eigenvalue weighted by Gasteiger charge is 2.05. The maximum atomic E-state index is 5.79. The van der Waals surface area contributed by atoms with Crippen LogP contribution in [0.4, 0.5) is 5.69 Å².